The molecule has 128 valence electrons. The molecule has 0 aliphatic carbocycles. The third kappa shape index (κ3) is 5.65. The third-order valence-corrected chi connectivity index (χ3v) is 3.56. The van der Waals surface area contributed by atoms with Crippen LogP contribution in [0.2, 0.25) is 0 Å². The molecule has 0 radical (unpaired) electrons. The summed E-state index contributed by atoms with van der Waals surface area (Å²) in [4.78, 5) is 16.8. The van der Waals surface area contributed by atoms with E-state index in [1.807, 2.05) is 37.3 Å². The number of hydrogen-bond donors (Lipinski definition) is 2. The Bertz CT molecular complexity index is 649. The summed E-state index contributed by atoms with van der Waals surface area (Å²) < 4.78 is 0. The second-order valence-electron chi connectivity index (χ2n) is 6.21. The van der Waals surface area contributed by atoms with Gasteiger partial charge in [0.15, 0.2) is 0 Å². The summed E-state index contributed by atoms with van der Waals surface area (Å²) in [5.41, 5.74) is 6.68. The van der Waals surface area contributed by atoms with Gasteiger partial charge in [-0.1, -0.05) is 38.1 Å². The first-order valence-corrected chi connectivity index (χ1v) is 7.32. The van der Waals surface area contributed by atoms with E-state index < -0.39 is 5.54 Å². The van der Waals surface area contributed by atoms with Crippen molar-refractivity contribution in [3.8, 4) is 0 Å². The molecule has 0 aliphatic heterocycles. The van der Waals surface area contributed by atoms with Crippen LogP contribution in [-0.4, -0.2) is 23.0 Å². The highest BCUT2D eigenvalue weighted by Crippen LogP contribution is 2.17. The van der Waals surface area contributed by atoms with Crippen LogP contribution in [-0.2, 0) is 0 Å². The number of para-hydroxylation sites is 1. The molecule has 2 rings (SSSR count). The Hall–Kier alpha value is -1.36. The number of rotatable bonds is 5. The smallest absolute Gasteiger partial charge is 0.270 e. The molecule has 1 heterocycles. The fourth-order valence-electron chi connectivity index (χ4n) is 2.62. The van der Waals surface area contributed by atoms with Crippen LogP contribution in [0, 0.1) is 5.92 Å². The van der Waals surface area contributed by atoms with Gasteiger partial charge in [-0.15, -0.1) is 24.8 Å². The lowest BCUT2D eigenvalue weighted by atomic mass is 9.90. The average molecular weight is 358 g/mol. The van der Waals surface area contributed by atoms with Crippen molar-refractivity contribution in [3.05, 3.63) is 42.1 Å². The van der Waals surface area contributed by atoms with Gasteiger partial charge >= 0.3 is 0 Å². The van der Waals surface area contributed by atoms with Crippen LogP contribution in [0.4, 0.5) is 0 Å². The maximum atomic E-state index is 12.4. The van der Waals surface area contributed by atoms with E-state index in [0.717, 1.165) is 17.3 Å². The van der Waals surface area contributed by atoms with Crippen molar-refractivity contribution in [2.45, 2.75) is 32.7 Å². The van der Waals surface area contributed by atoms with E-state index in [-0.39, 0.29) is 30.7 Å². The third-order valence-electron chi connectivity index (χ3n) is 3.56. The summed E-state index contributed by atoms with van der Waals surface area (Å²) in [6.45, 7) is 6.62. The minimum Gasteiger partial charge on any atom is -0.344 e. The van der Waals surface area contributed by atoms with E-state index >= 15 is 0 Å². The first-order chi connectivity index (χ1) is 9.93. The molecule has 2 aromatic rings. The molecule has 0 fully saturated rings. The molecule has 4 nitrogen and oxygen atoms in total. The van der Waals surface area contributed by atoms with Gasteiger partial charge in [-0.2, -0.15) is 0 Å². The van der Waals surface area contributed by atoms with Gasteiger partial charge in [-0.05, 0) is 31.4 Å². The number of hydrogen-bond acceptors (Lipinski definition) is 3. The summed E-state index contributed by atoms with van der Waals surface area (Å²) in [5.74, 6) is 0.290. The van der Waals surface area contributed by atoms with Crippen molar-refractivity contribution in [3.63, 3.8) is 0 Å². The highest BCUT2D eigenvalue weighted by Gasteiger charge is 2.26. The molecule has 0 saturated carbocycles. The topological polar surface area (TPSA) is 68.0 Å². The monoisotopic (exact) mass is 357 g/mol. The number of fused-ring (bicyclic) bond motifs is 1. The van der Waals surface area contributed by atoms with Gasteiger partial charge in [0.2, 0.25) is 0 Å². The Morgan fingerprint density at radius 1 is 1.22 bits per heavy atom. The molecule has 1 aromatic heterocycles. The number of amides is 1. The average Bonchev–Trinajstić information content (AvgIpc) is 2.45. The summed E-state index contributed by atoms with van der Waals surface area (Å²) in [5, 5.41) is 4.05. The number of nitrogens with zero attached hydrogens (tertiary/aromatic N) is 1. The first kappa shape index (κ1) is 21.6. The maximum absolute atomic E-state index is 12.4. The Labute approximate surface area is 150 Å². The number of benzene rings is 1. The molecule has 0 spiro atoms. The lowest BCUT2D eigenvalue weighted by Crippen LogP contribution is -2.52. The molecule has 3 N–H and O–H groups in total. The van der Waals surface area contributed by atoms with Gasteiger partial charge in [-0.3, -0.25) is 4.79 Å². The molecule has 6 heteroatoms. The van der Waals surface area contributed by atoms with Gasteiger partial charge in [-0.25, -0.2) is 4.98 Å². The predicted octanol–water partition coefficient (Wildman–Crippen LogP) is 3.57. The number of nitrogens with one attached hydrogen (secondary N) is 1. The quantitative estimate of drug-likeness (QED) is 0.859. The lowest BCUT2D eigenvalue weighted by Gasteiger charge is -2.31. The van der Waals surface area contributed by atoms with Gasteiger partial charge in [0.25, 0.3) is 5.91 Å². The summed E-state index contributed by atoms with van der Waals surface area (Å²) in [6, 6.07) is 11.4. The van der Waals surface area contributed by atoms with Gasteiger partial charge < -0.3 is 11.1 Å². The largest absolute Gasteiger partial charge is 0.344 e. The van der Waals surface area contributed by atoms with Crippen molar-refractivity contribution in [2.75, 3.05) is 6.54 Å². The van der Waals surface area contributed by atoms with Gasteiger partial charge in [0, 0.05) is 11.9 Å². The van der Waals surface area contributed by atoms with Crippen LogP contribution in [0.25, 0.3) is 10.9 Å². The van der Waals surface area contributed by atoms with Crippen molar-refractivity contribution in [2.24, 2.45) is 11.7 Å². The van der Waals surface area contributed by atoms with E-state index in [1.54, 1.807) is 6.07 Å². The standard InChI is InChI=1S/C17H23N3O.2ClH/c1-12(2)10-17(3,11-18)20-16(21)15-9-8-13-6-4-5-7-14(13)19-15;;/h4-9,12H,10-11,18H2,1-3H3,(H,20,21);2*1H. The molecule has 0 saturated heterocycles. The fourth-order valence-corrected chi connectivity index (χ4v) is 2.62. The van der Waals surface area contributed by atoms with Crippen molar-refractivity contribution < 1.29 is 4.79 Å². The first-order valence-electron chi connectivity index (χ1n) is 7.32. The summed E-state index contributed by atoms with van der Waals surface area (Å²) in [7, 11) is 0. The Kier molecular flexibility index (Phi) is 8.53. The van der Waals surface area contributed by atoms with Crippen molar-refractivity contribution in [1.29, 1.82) is 0 Å². The Morgan fingerprint density at radius 3 is 2.48 bits per heavy atom. The van der Waals surface area contributed by atoms with E-state index in [4.69, 9.17) is 5.73 Å². The van der Waals surface area contributed by atoms with E-state index in [1.165, 1.54) is 0 Å². The molecule has 0 bridgehead atoms. The summed E-state index contributed by atoms with van der Waals surface area (Å²) >= 11 is 0. The SMILES string of the molecule is CC(C)CC(C)(CN)NC(=O)c1ccc2ccccc2n1.Cl.Cl. The van der Waals surface area contributed by atoms with Crippen LogP contribution in [0.3, 0.4) is 0 Å². The summed E-state index contributed by atoms with van der Waals surface area (Å²) in [6.07, 6.45) is 0.836. The van der Waals surface area contributed by atoms with E-state index in [2.05, 4.69) is 24.1 Å². The normalized spacial score (nSPS) is 12.9. The van der Waals surface area contributed by atoms with Crippen LogP contribution >= 0.6 is 24.8 Å². The lowest BCUT2D eigenvalue weighted by molar-refractivity contribution is 0.0893. The number of halogens is 2. The van der Waals surface area contributed by atoms with Crippen molar-refractivity contribution in [1.82, 2.24) is 10.3 Å². The number of aromatic nitrogens is 1. The molecular weight excluding hydrogens is 333 g/mol. The van der Waals surface area contributed by atoms with Gasteiger partial charge in [0.1, 0.15) is 5.69 Å². The fraction of sp³-hybridized carbons (Fsp3) is 0.412. The zero-order valence-corrected chi connectivity index (χ0v) is 15.3. The molecule has 1 atom stereocenters. The molecule has 1 amide bonds. The van der Waals surface area contributed by atoms with Crippen LogP contribution < -0.4 is 11.1 Å². The molecule has 1 unspecified atom stereocenters. The minimum absolute atomic E-state index is 0. The second-order valence-corrected chi connectivity index (χ2v) is 6.21. The van der Waals surface area contributed by atoms with E-state index in [9.17, 15) is 4.79 Å². The highest BCUT2D eigenvalue weighted by atomic mass is 35.5. The Balaban J connectivity index is 0.00000242. The maximum Gasteiger partial charge on any atom is 0.270 e. The predicted molar refractivity (Wildman–Crippen MR) is 101 cm³/mol. The number of carbonyl (C=O) groups is 1. The molecular formula is C17H25Cl2N3O. The minimum atomic E-state index is -0.404. The van der Waals surface area contributed by atoms with E-state index in [0.29, 0.717) is 18.2 Å². The van der Waals surface area contributed by atoms with Crippen LogP contribution in [0.15, 0.2) is 36.4 Å². The van der Waals surface area contributed by atoms with Crippen LogP contribution in [0.5, 0.6) is 0 Å². The van der Waals surface area contributed by atoms with Gasteiger partial charge in [0.05, 0.1) is 11.1 Å². The highest BCUT2D eigenvalue weighted by molar-refractivity contribution is 5.95. The zero-order chi connectivity index (χ0) is 15.5. The number of pyridine rings is 1. The zero-order valence-electron chi connectivity index (χ0n) is 13.7. The Morgan fingerprint density at radius 2 is 1.87 bits per heavy atom. The molecule has 1 aromatic carbocycles. The molecule has 0 aliphatic rings. The molecule has 23 heavy (non-hydrogen) atoms. The number of carbonyl (C=O) groups excluding carboxylic acids is 1. The van der Waals surface area contributed by atoms with Crippen molar-refractivity contribution >= 4 is 41.6 Å². The second kappa shape index (κ2) is 9.06. The number of nitrogens with two attached hydrogens (primary N) is 1. The van der Waals surface area contributed by atoms with Crippen LogP contribution in [0.1, 0.15) is 37.7 Å².